The van der Waals surface area contributed by atoms with Crippen molar-refractivity contribution in [2.24, 2.45) is 11.8 Å². The van der Waals surface area contributed by atoms with Gasteiger partial charge in [0.25, 0.3) is 0 Å². The normalized spacial score (nSPS) is 44.7. The first-order chi connectivity index (χ1) is 8.42. The van der Waals surface area contributed by atoms with Crippen LogP contribution in [0.3, 0.4) is 0 Å². The van der Waals surface area contributed by atoms with E-state index in [2.05, 4.69) is 9.80 Å². The molecule has 4 atom stereocenters. The van der Waals surface area contributed by atoms with E-state index in [1.807, 2.05) is 0 Å². The molecule has 0 aromatic rings. The minimum Gasteiger partial charge on any atom is -0.300 e. The van der Waals surface area contributed by atoms with Gasteiger partial charge in [0, 0.05) is 25.2 Å². The minimum absolute atomic E-state index is 0. The molecule has 2 bridgehead atoms. The van der Waals surface area contributed by atoms with Gasteiger partial charge in [-0.1, -0.05) is 12.8 Å². The standard InChI is InChI=1S/C15H26N2.BrH/c1-3-7-16-11-13-9-12(14(16)5-1)10-17-8-4-2-6-15(13)17;/h12-15H,1-11H2;1H/t12-,13-,14-,15+;/m0./s1. The Balaban J connectivity index is 0.000001000. The van der Waals surface area contributed by atoms with Gasteiger partial charge in [-0.2, -0.15) is 0 Å². The van der Waals surface area contributed by atoms with Gasteiger partial charge in [-0.25, -0.2) is 0 Å². The molecule has 4 rings (SSSR count). The van der Waals surface area contributed by atoms with E-state index >= 15 is 0 Å². The molecule has 0 radical (unpaired) electrons. The quantitative estimate of drug-likeness (QED) is 0.678. The molecule has 0 N–H and O–H groups in total. The van der Waals surface area contributed by atoms with Crippen LogP contribution in [0.4, 0.5) is 0 Å². The summed E-state index contributed by atoms with van der Waals surface area (Å²) in [6.45, 7) is 5.68. The summed E-state index contributed by atoms with van der Waals surface area (Å²) >= 11 is 0. The van der Waals surface area contributed by atoms with Crippen LogP contribution in [0, 0.1) is 11.8 Å². The second kappa shape index (κ2) is 5.41. The first-order valence-electron chi connectivity index (χ1n) is 7.90. The molecule has 0 unspecified atom stereocenters. The van der Waals surface area contributed by atoms with Crippen molar-refractivity contribution in [3.05, 3.63) is 0 Å². The zero-order valence-electron chi connectivity index (χ0n) is 11.4. The lowest BCUT2D eigenvalue weighted by atomic mass is 9.71. The van der Waals surface area contributed by atoms with Gasteiger partial charge in [0.05, 0.1) is 0 Å². The Hall–Kier alpha value is 0.400. The van der Waals surface area contributed by atoms with E-state index in [4.69, 9.17) is 0 Å². The van der Waals surface area contributed by atoms with Crippen LogP contribution in [-0.4, -0.2) is 48.1 Å². The Kier molecular flexibility index (Phi) is 4.03. The van der Waals surface area contributed by atoms with Crippen LogP contribution in [-0.2, 0) is 0 Å². The lowest BCUT2D eigenvalue weighted by Crippen LogP contribution is -2.63. The maximum absolute atomic E-state index is 2.87. The Morgan fingerprint density at radius 3 is 1.67 bits per heavy atom. The van der Waals surface area contributed by atoms with E-state index in [1.54, 1.807) is 6.42 Å². The summed E-state index contributed by atoms with van der Waals surface area (Å²) < 4.78 is 0. The number of hydrogen-bond acceptors (Lipinski definition) is 2. The second-order valence-corrected chi connectivity index (χ2v) is 6.87. The molecule has 18 heavy (non-hydrogen) atoms. The monoisotopic (exact) mass is 314 g/mol. The van der Waals surface area contributed by atoms with Crippen molar-refractivity contribution in [1.82, 2.24) is 9.80 Å². The smallest absolute Gasteiger partial charge is 0.0136 e. The van der Waals surface area contributed by atoms with Gasteiger partial charge in [0.15, 0.2) is 0 Å². The highest BCUT2D eigenvalue weighted by molar-refractivity contribution is 8.93. The molecule has 104 valence electrons. The van der Waals surface area contributed by atoms with Gasteiger partial charge >= 0.3 is 0 Å². The molecule has 4 aliphatic rings. The molecule has 3 heteroatoms. The van der Waals surface area contributed by atoms with E-state index < -0.39 is 0 Å². The molecule has 0 aliphatic carbocycles. The fraction of sp³-hybridized carbons (Fsp3) is 1.00. The number of halogens is 1. The predicted molar refractivity (Wildman–Crippen MR) is 80.3 cm³/mol. The van der Waals surface area contributed by atoms with Crippen molar-refractivity contribution >= 4 is 17.0 Å². The van der Waals surface area contributed by atoms with Crippen molar-refractivity contribution in [3.63, 3.8) is 0 Å². The maximum Gasteiger partial charge on any atom is 0.0136 e. The number of rotatable bonds is 0. The Bertz CT molecular complexity index is 268. The van der Waals surface area contributed by atoms with Gasteiger partial charge in [-0.3, -0.25) is 9.80 Å². The van der Waals surface area contributed by atoms with Gasteiger partial charge in [-0.15, -0.1) is 17.0 Å². The third-order valence-corrected chi connectivity index (χ3v) is 5.96. The van der Waals surface area contributed by atoms with E-state index in [9.17, 15) is 0 Å². The summed E-state index contributed by atoms with van der Waals surface area (Å²) in [5.74, 6) is 2.03. The molecule has 0 amide bonds. The average molecular weight is 315 g/mol. The highest BCUT2D eigenvalue weighted by Crippen LogP contribution is 2.42. The largest absolute Gasteiger partial charge is 0.300 e. The molecule has 4 aliphatic heterocycles. The van der Waals surface area contributed by atoms with E-state index in [-0.39, 0.29) is 17.0 Å². The van der Waals surface area contributed by atoms with Crippen molar-refractivity contribution in [2.45, 2.75) is 57.0 Å². The van der Waals surface area contributed by atoms with Crippen LogP contribution >= 0.6 is 17.0 Å². The van der Waals surface area contributed by atoms with Gasteiger partial charge in [-0.05, 0) is 57.0 Å². The van der Waals surface area contributed by atoms with Crippen molar-refractivity contribution < 1.29 is 0 Å². The third kappa shape index (κ3) is 2.16. The van der Waals surface area contributed by atoms with Gasteiger partial charge in [0.1, 0.15) is 0 Å². The lowest BCUT2D eigenvalue weighted by Gasteiger charge is -2.57. The third-order valence-electron chi connectivity index (χ3n) is 5.96. The molecule has 2 nitrogen and oxygen atoms in total. The molecule has 0 aromatic carbocycles. The summed E-state index contributed by atoms with van der Waals surface area (Å²) in [6.07, 6.45) is 10.5. The number of nitrogens with zero attached hydrogens (tertiary/aromatic N) is 2. The first-order valence-corrected chi connectivity index (χ1v) is 7.90. The Morgan fingerprint density at radius 2 is 1.17 bits per heavy atom. The van der Waals surface area contributed by atoms with Crippen LogP contribution in [0.5, 0.6) is 0 Å². The first kappa shape index (κ1) is 13.4. The molecular weight excluding hydrogens is 288 g/mol. The van der Waals surface area contributed by atoms with Crippen molar-refractivity contribution in [2.75, 3.05) is 26.2 Å². The molecule has 4 saturated heterocycles. The summed E-state index contributed by atoms with van der Waals surface area (Å²) in [5, 5.41) is 0. The number of fused-ring (bicyclic) bond motifs is 6. The molecule has 4 heterocycles. The summed E-state index contributed by atoms with van der Waals surface area (Å²) in [7, 11) is 0. The fourth-order valence-corrected chi connectivity index (χ4v) is 5.25. The molecular formula is C15H27BrN2. The molecule has 0 spiro atoms. The SMILES string of the molecule is Br.C1CCN2C[C@@H]3C[C@@H](CN4CCCC[C@@H]34)[C@H]2C1. The zero-order valence-corrected chi connectivity index (χ0v) is 13.1. The fourth-order valence-electron chi connectivity index (χ4n) is 5.25. The maximum atomic E-state index is 2.87. The topological polar surface area (TPSA) is 6.48 Å². The van der Waals surface area contributed by atoms with Crippen LogP contribution < -0.4 is 0 Å². The van der Waals surface area contributed by atoms with Gasteiger partial charge < -0.3 is 0 Å². The predicted octanol–water partition coefficient (Wildman–Crippen LogP) is 2.92. The van der Waals surface area contributed by atoms with Crippen LogP contribution in [0.2, 0.25) is 0 Å². The van der Waals surface area contributed by atoms with Gasteiger partial charge in [0.2, 0.25) is 0 Å². The summed E-state index contributed by atoms with van der Waals surface area (Å²) in [6, 6.07) is 1.92. The molecule has 0 aromatic heterocycles. The molecule has 0 saturated carbocycles. The lowest BCUT2D eigenvalue weighted by molar-refractivity contribution is -0.0718. The average Bonchev–Trinajstić information content (AvgIpc) is 2.39. The second-order valence-electron chi connectivity index (χ2n) is 6.87. The van der Waals surface area contributed by atoms with Crippen LogP contribution in [0.1, 0.15) is 44.9 Å². The van der Waals surface area contributed by atoms with E-state index in [0.717, 1.165) is 23.9 Å². The highest BCUT2D eigenvalue weighted by Gasteiger charge is 2.46. The number of hydrogen-bond donors (Lipinski definition) is 0. The summed E-state index contributed by atoms with van der Waals surface area (Å²) in [5.41, 5.74) is 0. The Labute approximate surface area is 122 Å². The Morgan fingerprint density at radius 1 is 0.667 bits per heavy atom. The molecule has 4 fully saturated rings. The van der Waals surface area contributed by atoms with E-state index in [1.165, 1.54) is 64.7 Å². The highest BCUT2D eigenvalue weighted by atomic mass is 79.9. The van der Waals surface area contributed by atoms with Crippen LogP contribution in [0.15, 0.2) is 0 Å². The van der Waals surface area contributed by atoms with Crippen LogP contribution in [0.25, 0.3) is 0 Å². The number of piperidine rings is 4. The zero-order chi connectivity index (χ0) is 11.2. The minimum atomic E-state index is 0. The van der Waals surface area contributed by atoms with E-state index in [0.29, 0.717) is 0 Å². The van der Waals surface area contributed by atoms with Crippen molar-refractivity contribution in [3.8, 4) is 0 Å². The van der Waals surface area contributed by atoms with Crippen molar-refractivity contribution in [1.29, 1.82) is 0 Å². The summed E-state index contributed by atoms with van der Waals surface area (Å²) in [4.78, 5) is 5.74.